The fourth-order valence-corrected chi connectivity index (χ4v) is 3.34. The number of alkyl halides is 3. The van der Waals surface area contributed by atoms with E-state index in [2.05, 4.69) is 10.3 Å². The number of nitrogens with zero attached hydrogens (tertiary/aromatic N) is 2. The van der Waals surface area contributed by atoms with Gasteiger partial charge in [-0.05, 0) is 56.1 Å². The monoisotopic (exact) mass is 378 g/mol. The molecule has 0 spiro atoms. The van der Waals surface area contributed by atoms with Crippen LogP contribution in [0.1, 0.15) is 29.3 Å². The highest BCUT2D eigenvalue weighted by molar-refractivity contribution is 5.99. The van der Waals surface area contributed by atoms with E-state index in [4.69, 9.17) is 5.73 Å². The number of halogens is 3. The predicted octanol–water partition coefficient (Wildman–Crippen LogP) is 3.65. The number of hydrogen-bond donors (Lipinski definition) is 2. The molecule has 0 saturated carbocycles. The van der Waals surface area contributed by atoms with Gasteiger partial charge in [-0.15, -0.1) is 0 Å². The fourth-order valence-electron chi connectivity index (χ4n) is 3.34. The molecule has 2 atom stereocenters. The first kappa shape index (κ1) is 19.2. The largest absolute Gasteiger partial charge is 0.416 e. The van der Waals surface area contributed by atoms with Crippen LogP contribution in [0.2, 0.25) is 0 Å². The van der Waals surface area contributed by atoms with Crippen LogP contribution in [-0.4, -0.2) is 34.9 Å². The van der Waals surface area contributed by atoms with Crippen molar-refractivity contribution in [3.05, 3.63) is 53.7 Å². The van der Waals surface area contributed by atoms with Crippen molar-refractivity contribution in [3.8, 4) is 0 Å². The Hall–Kier alpha value is -2.61. The van der Waals surface area contributed by atoms with Gasteiger partial charge in [0.25, 0.3) is 5.91 Å². The summed E-state index contributed by atoms with van der Waals surface area (Å²) in [5.74, 6) is 0.270. The molecule has 0 aliphatic carbocycles. The van der Waals surface area contributed by atoms with E-state index >= 15 is 0 Å². The Morgan fingerprint density at radius 2 is 2.11 bits per heavy atom. The third kappa shape index (κ3) is 4.21. The summed E-state index contributed by atoms with van der Waals surface area (Å²) in [7, 11) is 0. The quantitative estimate of drug-likeness (QED) is 0.852. The van der Waals surface area contributed by atoms with Gasteiger partial charge >= 0.3 is 6.18 Å². The van der Waals surface area contributed by atoms with Gasteiger partial charge in [-0.25, -0.2) is 4.98 Å². The lowest BCUT2D eigenvalue weighted by molar-refractivity contribution is -0.137. The van der Waals surface area contributed by atoms with E-state index < -0.39 is 11.7 Å². The van der Waals surface area contributed by atoms with Gasteiger partial charge in [-0.2, -0.15) is 13.2 Å². The number of nitrogens with two attached hydrogens (primary N) is 1. The molecule has 1 aromatic carbocycles. The second kappa shape index (κ2) is 7.56. The first-order chi connectivity index (χ1) is 12.8. The Balaban J connectivity index is 1.86. The molecule has 2 unspecified atom stereocenters. The summed E-state index contributed by atoms with van der Waals surface area (Å²) in [4.78, 5) is 18.9. The van der Waals surface area contributed by atoms with Crippen LogP contribution < -0.4 is 11.1 Å². The second-order valence-corrected chi connectivity index (χ2v) is 6.75. The Morgan fingerprint density at radius 3 is 2.78 bits per heavy atom. The smallest absolute Gasteiger partial charge is 0.340 e. The Morgan fingerprint density at radius 1 is 1.33 bits per heavy atom. The molecular formula is C19H21F3N4O. The molecule has 2 heterocycles. The number of amides is 1. The predicted molar refractivity (Wildman–Crippen MR) is 96.6 cm³/mol. The molecule has 3 rings (SSSR count). The molecule has 144 valence electrons. The number of anilines is 2. The van der Waals surface area contributed by atoms with Crippen molar-refractivity contribution < 1.29 is 18.0 Å². The van der Waals surface area contributed by atoms with Gasteiger partial charge in [-0.1, -0.05) is 6.07 Å². The Labute approximate surface area is 155 Å². The number of carbonyl (C=O) groups excluding carboxylic acids is 1. The zero-order chi connectivity index (χ0) is 19.6. The Bertz CT molecular complexity index is 825. The number of nitrogens with one attached hydrogen (secondary N) is 1. The van der Waals surface area contributed by atoms with E-state index in [1.165, 1.54) is 18.3 Å². The maximum atomic E-state index is 13.0. The molecule has 1 fully saturated rings. The average Bonchev–Trinajstić information content (AvgIpc) is 3.02. The lowest BCUT2D eigenvalue weighted by Gasteiger charge is -2.23. The molecule has 3 N–H and O–H groups in total. The van der Waals surface area contributed by atoms with E-state index in [0.717, 1.165) is 18.6 Å². The normalized spacial score (nSPS) is 20.0. The average molecular weight is 378 g/mol. The maximum Gasteiger partial charge on any atom is 0.416 e. The van der Waals surface area contributed by atoms with Gasteiger partial charge in [-0.3, -0.25) is 4.79 Å². The minimum Gasteiger partial charge on any atom is -0.340 e. The van der Waals surface area contributed by atoms with Gasteiger partial charge in [0.2, 0.25) is 0 Å². The molecule has 1 aliphatic heterocycles. The molecule has 1 aliphatic rings. The van der Waals surface area contributed by atoms with E-state index in [1.54, 1.807) is 17.0 Å². The highest BCUT2D eigenvalue weighted by Crippen LogP contribution is 2.32. The van der Waals surface area contributed by atoms with Crippen molar-refractivity contribution in [1.82, 2.24) is 9.88 Å². The summed E-state index contributed by atoms with van der Waals surface area (Å²) in [5, 5.41) is 2.85. The summed E-state index contributed by atoms with van der Waals surface area (Å²) in [6.45, 7) is 3.04. The second-order valence-electron chi connectivity index (χ2n) is 6.75. The third-order valence-corrected chi connectivity index (χ3v) is 4.75. The first-order valence-electron chi connectivity index (χ1n) is 8.70. The minimum atomic E-state index is -4.44. The van der Waals surface area contributed by atoms with Crippen LogP contribution >= 0.6 is 0 Å². The third-order valence-electron chi connectivity index (χ3n) is 4.75. The highest BCUT2D eigenvalue weighted by atomic mass is 19.4. The molecule has 2 aromatic rings. The summed E-state index contributed by atoms with van der Waals surface area (Å²) >= 11 is 0. The number of rotatable bonds is 4. The molecule has 1 saturated heterocycles. The molecule has 1 amide bonds. The summed E-state index contributed by atoms with van der Waals surface area (Å²) < 4.78 is 38.8. The van der Waals surface area contributed by atoms with Crippen LogP contribution in [0.15, 0.2) is 42.6 Å². The molecule has 0 radical (unpaired) electrons. The van der Waals surface area contributed by atoms with Crippen LogP contribution in [0.4, 0.5) is 24.7 Å². The molecule has 8 heteroatoms. The van der Waals surface area contributed by atoms with Crippen LogP contribution in [0, 0.1) is 5.92 Å². The van der Waals surface area contributed by atoms with Crippen LogP contribution in [0.5, 0.6) is 0 Å². The SMILES string of the molecule is CC1CC(CN)CN1C(=O)c1cccnc1Nc1cccc(C(F)(F)F)c1. The van der Waals surface area contributed by atoms with E-state index in [-0.39, 0.29) is 29.4 Å². The lowest BCUT2D eigenvalue weighted by Crippen LogP contribution is -2.35. The fraction of sp³-hybridized carbons (Fsp3) is 0.368. The standard InChI is InChI=1S/C19H21F3N4O/c1-12-8-13(10-23)11-26(12)18(27)16-6-3-7-24-17(16)25-15-5-2-4-14(9-15)19(20,21)22/h2-7,9,12-13H,8,10-11,23H2,1H3,(H,24,25). The van der Waals surface area contributed by atoms with Crippen molar-refractivity contribution in [1.29, 1.82) is 0 Å². The van der Waals surface area contributed by atoms with Gasteiger partial charge in [0.1, 0.15) is 5.82 Å². The van der Waals surface area contributed by atoms with Crippen molar-refractivity contribution in [2.24, 2.45) is 11.7 Å². The molecule has 1 aromatic heterocycles. The lowest BCUT2D eigenvalue weighted by atomic mass is 10.1. The van der Waals surface area contributed by atoms with Crippen LogP contribution in [0.3, 0.4) is 0 Å². The van der Waals surface area contributed by atoms with Gasteiger partial charge in [0.05, 0.1) is 11.1 Å². The van der Waals surface area contributed by atoms with Crippen molar-refractivity contribution in [2.75, 3.05) is 18.4 Å². The van der Waals surface area contributed by atoms with Crippen LogP contribution in [0.25, 0.3) is 0 Å². The minimum absolute atomic E-state index is 0.0488. The van der Waals surface area contributed by atoms with E-state index in [9.17, 15) is 18.0 Å². The number of hydrogen-bond acceptors (Lipinski definition) is 4. The molecule has 27 heavy (non-hydrogen) atoms. The van der Waals surface area contributed by atoms with Crippen LogP contribution in [-0.2, 0) is 6.18 Å². The zero-order valence-corrected chi connectivity index (χ0v) is 14.8. The van der Waals surface area contributed by atoms with Crippen molar-refractivity contribution in [2.45, 2.75) is 25.6 Å². The van der Waals surface area contributed by atoms with E-state index in [1.807, 2.05) is 6.92 Å². The van der Waals surface area contributed by atoms with Gasteiger partial charge in [0, 0.05) is 24.5 Å². The topological polar surface area (TPSA) is 71.2 Å². The number of likely N-dealkylation sites (tertiary alicyclic amines) is 1. The highest BCUT2D eigenvalue weighted by Gasteiger charge is 2.33. The maximum absolute atomic E-state index is 13.0. The summed E-state index contributed by atoms with van der Waals surface area (Å²) in [6, 6.07) is 8.10. The molecule has 5 nitrogen and oxygen atoms in total. The van der Waals surface area contributed by atoms with Gasteiger partial charge in [0.15, 0.2) is 0 Å². The van der Waals surface area contributed by atoms with Gasteiger partial charge < -0.3 is 16.0 Å². The van der Waals surface area contributed by atoms with E-state index in [0.29, 0.717) is 18.7 Å². The molecular weight excluding hydrogens is 357 g/mol. The zero-order valence-electron chi connectivity index (χ0n) is 14.8. The number of pyridine rings is 1. The first-order valence-corrected chi connectivity index (χ1v) is 8.70. The number of aromatic nitrogens is 1. The van der Waals surface area contributed by atoms with Crippen molar-refractivity contribution >= 4 is 17.4 Å². The number of benzene rings is 1. The number of carbonyl (C=O) groups is 1. The summed E-state index contributed by atoms with van der Waals surface area (Å²) in [6.07, 6.45) is -2.12. The van der Waals surface area contributed by atoms with Crippen molar-refractivity contribution in [3.63, 3.8) is 0 Å². The Kier molecular flexibility index (Phi) is 5.36. The summed E-state index contributed by atoms with van der Waals surface area (Å²) in [5.41, 5.74) is 5.49. The molecule has 0 bridgehead atoms.